The molecular weight excluding hydrogens is 92.1 g/mol. The van der Waals surface area contributed by atoms with Gasteiger partial charge < -0.3 is 0 Å². The molecule has 0 saturated carbocycles. The van der Waals surface area contributed by atoms with Gasteiger partial charge in [0.05, 0.1) is 0 Å². The molecular formula is C5H8O2. The molecule has 40 valence electrons. The molecule has 7 heavy (non-hydrogen) atoms. The number of hydrogen-bond donors (Lipinski definition) is 0. The quantitative estimate of drug-likeness (QED) is 0.489. The Morgan fingerprint density at radius 1 is 1.14 bits per heavy atom. The molecule has 0 amide bonds. The number of carbonyl (C=O) groups excluding carboxylic acids is 2. The lowest BCUT2D eigenvalue weighted by Crippen LogP contribution is -1.49. The van der Waals surface area contributed by atoms with Gasteiger partial charge in [0.25, 0.3) is 0 Å². The number of rotatable bonds is 1. The molecule has 2 nitrogen and oxygen atoms in total. The van der Waals surface area contributed by atoms with Crippen LogP contribution in [0.2, 0.25) is 0 Å². The zero-order valence-corrected chi connectivity index (χ0v) is 4.14. The molecule has 0 heterocycles. The van der Waals surface area contributed by atoms with E-state index in [0.29, 0.717) is 0 Å². The summed E-state index contributed by atoms with van der Waals surface area (Å²) in [5.41, 5.74) is 0. The Kier molecular flexibility index (Phi) is 25.1. The van der Waals surface area contributed by atoms with Gasteiger partial charge in [-0.15, -0.1) is 0 Å². The van der Waals surface area contributed by atoms with Crippen molar-refractivity contribution in [1.82, 2.24) is 0 Å². The summed E-state index contributed by atoms with van der Waals surface area (Å²) in [6.07, 6.45) is 2.17. The number of hydrogen-bond acceptors (Lipinski definition) is 2. The fourth-order valence-electron chi connectivity index (χ4n) is 0. The van der Waals surface area contributed by atoms with Crippen molar-refractivity contribution in [3.8, 4) is 0 Å². The summed E-state index contributed by atoms with van der Waals surface area (Å²) in [7, 11) is 0. The molecule has 0 aliphatic rings. The Morgan fingerprint density at radius 2 is 1.29 bits per heavy atom. The van der Waals surface area contributed by atoms with Crippen molar-refractivity contribution in [2.24, 2.45) is 0 Å². The first-order chi connectivity index (χ1) is 3.33. The van der Waals surface area contributed by atoms with Gasteiger partial charge in [-0.1, -0.05) is 26.7 Å². The highest BCUT2D eigenvalue weighted by Crippen LogP contribution is 1.75. The third-order valence-corrected chi connectivity index (χ3v) is 0.250. The predicted molar refractivity (Wildman–Crippen MR) is 25.0 cm³/mol. The lowest BCUT2D eigenvalue weighted by atomic mass is 10.4. The molecule has 0 saturated heterocycles. The molecule has 0 aliphatic heterocycles. The fourth-order valence-corrected chi connectivity index (χ4v) is 0. The van der Waals surface area contributed by atoms with Crippen molar-refractivity contribution < 1.29 is 9.59 Å². The summed E-state index contributed by atoms with van der Waals surface area (Å²) >= 11 is 0. The van der Waals surface area contributed by atoms with Crippen molar-refractivity contribution >= 4 is 6.15 Å². The van der Waals surface area contributed by atoms with Crippen LogP contribution >= 0.6 is 0 Å². The Balaban J connectivity index is 0. The average molecular weight is 100 g/mol. The van der Waals surface area contributed by atoms with Crippen molar-refractivity contribution in [2.45, 2.75) is 12.8 Å². The van der Waals surface area contributed by atoms with E-state index < -0.39 is 0 Å². The Morgan fingerprint density at radius 3 is 1.29 bits per heavy atom. The van der Waals surface area contributed by atoms with Gasteiger partial charge in [0, 0.05) is 0 Å². The van der Waals surface area contributed by atoms with Gasteiger partial charge in [0.15, 0.2) is 0 Å². The van der Waals surface area contributed by atoms with Gasteiger partial charge in [-0.05, 0) is 0 Å². The topological polar surface area (TPSA) is 34.1 Å². The second-order valence-electron chi connectivity index (χ2n) is 0.790. The van der Waals surface area contributed by atoms with E-state index in [2.05, 4.69) is 13.8 Å². The molecule has 0 aromatic carbocycles. The summed E-state index contributed by atoms with van der Waals surface area (Å²) in [6.45, 7) is 7.08. The smallest absolute Gasteiger partial charge is 0.186 e. The Labute approximate surface area is 43.5 Å². The van der Waals surface area contributed by atoms with Crippen LogP contribution < -0.4 is 0 Å². The van der Waals surface area contributed by atoms with Crippen LogP contribution in [0.3, 0.4) is 0 Å². The summed E-state index contributed by atoms with van der Waals surface area (Å²) in [5.74, 6) is 0. The zero-order valence-electron chi connectivity index (χ0n) is 4.14. The summed E-state index contributed by atoms with van der Waals surface area (Å²) < 4.78 is 0. The highest BCUT2D eigenvalue weighted by Gasteiger charge is 1.57. The standard InChI is InChI=1S/C4H8.CO2/c1-3-4-2;2-1-3/h1-4H2;. The van der Waals surface area contributed by atoms with Crippen LogP contribution in [0, 0.1) is 13.8 Å². The molecule has 0 aliphatic carbocycles. The molecule has 2 heteroatoms. The van der Waals surface area contributed by atoms with Crippen molar-refractivity contribution in [2.75, 3.05) is 0 Å². The van der Waals surface area contributed by atoms with E-state index in [1.165, 1.54) is 0 Å². The van der Waals surface area contributed by atoms with Gasteiger partial charge in [-0.3, -0.25) is 0 Å². The maximum Gasteiger partial charge on any atom is 0.373 e. The van der Waals surface area contributed by atoms with Crippen LogP contribution in [-0.2, 0) is 9.59 Å². The van der Waals surface area contributed by atoms with E-state index >= 15 is 0 Å². The van der Waals surface area contributed by atoms with Crippen molar-refractivity contribution in [1.29, 1.82) is 0 Å². The predicted octanol–water partition coefficient (Wildman–Crippen LogP) is 0.851. The molecule has 0 bridgehead atoms. The van der Waals surface area contributed by atoms with Crippen LogP contribution in [-0.4, -0.2) is 6.15 Å². The van der Waals surface area contributed by atoms with Crippen molar-refractivity contribution in [3.63, 3.8) is 0 Å². The van der Waals surface area contributed by atoms with Gasteiger partial charge in [0.2, 0.25) is 0 Å². The molecule has 0 atom stereocenters. The van der Waals surface area contributed by atoms with Crippen molar-refractivity contribution in [3.05, 3.63) is 13.8 Å². The zero-order chi connectivity index (χ0) is 6.12. The maximum atomic E-state index is 8.12. The monoisotopic (exact) mass is 100 g/mol. The van der Waals surface area contributed by atoms with Crippen LogP contribution in [0.25, 0.3) is 0 Å². The van der Waals surface area contributed by atoms with Crippen LogP contribution in [0.4, 0.5) is 0 Å². The van der Waals surface area contributed by atoms with E-state index in [9.17, 15) is 0 Å². The van der Waals surface area contributed by atoms with E-state index in [4.69, 9.17) is 9.59 Å². The lowest BCUT2D eigenvalue weighted by Gasteiger charge is -1.67. The van der Waals surface area contributed by atoms with Gasteiger partial charge >= 0.3 is 6.15 Å². The van der Waals surface area contributed by atoms with Gasteiger partial charge in [-0.25, -0.2) is 0 Å². The van der Waals surface area contributed by atoms with E-state index in [0.717, 1.165) is 12.8 Å². The van der Waals surface area contributed by atoms with E-state index in [-0.39, 0.29) is 6.15 Å². The minimum absolute atomic E-state index is 0.250. The Hall–Kier alpha value is -0.620. The SMILES string of the molecule is O=C=O.[CH2]CC[CH2]. The minimum Gasteiger partial charge on any atom is -0.186 e. The summed E-state index contributed by atoms with van der Waals surface area (Å²) in [5, 5.41) is 0. The second-order valence-corrected chi connectivity index (χ2v) is 0.790. The van der Waals surface area contributed by atoms with E-state index in [1.54, 1.807) is 0 Å². The third kappa shape index (κ3) is 426. The van der Waals surface area contributed by atoms with Gasteiger partial charge in [0.1, 0.15) is 0 Å². The molecule has 0 unspecified atom stereocenters. The minimum atomic E-state index is 0.250. The molecule has 0 N–H and O–H groups in total. The fraction of sp³-hybridized carbons (Fsp3) is 0.400. The third-order valence-electron chi connectivity index (χ3n) is 0.250. The summed E-state index contributed by atoms with van der Waals surface area (Å²) in [4.78, 5) is 16.2. The van der Waals surface area contributed by atoms with Crippen LogP contribution in [0.1, 0.15) is 12.8 Å². The first-order valence-corrected chi connectivity index (χ1v) is 1.91. The first kappa shape index (κ1) is 9.63. The van der Waals surface area contributed by atoms with Gasteiger partial charge in [-0.2, -0.15) is 9.59 Å². The maximum absolute atomic E-state index is 8.12. The summed E-state index contributed by atoms with van der Waals surface area (Å²) in [6, 6.07) is 0. The van der Waals surface area contributed by atoms with Crippen LogP contribution in [0.15, 0.2) is 0 Å². The highest BCUT2D eigenvalue weighted by atomic mass is 16.2. The Bertz CT molecular complexity index is 42.0. The highest BCUT2D eigenvalue weighted by molar-refractivity contribution is 5.20. The average Bonchev–Trinajstić information content (AvgIpc) is 1.69. The molecule has 0 spiro atoms. The molecule has 0 aromatic rings. The second kappa shape index (κ2) is 18.2. The van der Waals surface area contributed by atoms with Crippen LogP contribution in [0.5, 0.6) is 0 Å². The molecule has 2 radical (unpaired) electrons. The molecule has 0 fully saturated rings. The van der Waals surface area contributed by atoms with E-state index in [1.807, 2.05) is 0 Å². The lowest BCUT2D eigenvalue weighted by molar-refractivity contribution is -0.191. The normalized spacial score (nSPS) is 5.43. The number of unbranched alkanes of at least 4 members (excludes halogenated alkanes) is 1. The molecule has 0 aromatic heterocycles. The first-order valence-electron chi connectivity index (χ1n) is 1.91. The largest absolute Gasteiger partial charge is 0.373 e. The molecule has 0 rings (SSSR count).